The third kappa shape index (κ3) is 4.97. The number of benzene rings is 1. The Labute approximate surface area is 266 Å². The minimum Gasteiger partial charge on any atom is -0.444 e. The van der Waals surface area contributed by atoms with Gasteiger partial charge in [0.2, 0.25) is 5.95 Å². The fourth-order valence-corrected chi connectivity index (χ4v) is 7.60. The molecule has 1 unspecified atom stereocenters. The van der Waals surface area contributed by atoms with E-state index in [1.54, 1.807) is 28.2 Å². The molecular weight excluding hydrogens is 596 g/mol. The van der Waals surface area contributed by atoms with E-state index in [9.17, 15) is 9.59 Å². The number of fused-ring (bicyclic) bond motifs is 4. The van der Waals surface area contributed by atoms with Gasteiger partial charge >= 0.3 is 6.09 Å². The van der Waals surface area contributed by atoms with Crippen LogP contribution in [0.5, 0.6) is 0 Å². The lowest BCUT2D eigenvalue weighted by Gasteiger charge is -2.33. The van der Waals surface area contributed by atoms with Crippen molar-refractivity contribution >= 4 is 45.6 Å². The quantitative estimate of drug-likeness (QED) is 0.282. The molecule has 3 aliphatic rings. The van der Waals surface area contributed by atoms with Crippen LogP contribution in [0.3, 0.4) is 0 Å². The Bertz CT molecular complexity index is 1850. The molecule has 3 aliphatic heterocycles. The summed E-state index contributed by atoms with van der Waals surface area (Å²) in [5.41, 5.74) is 1.64. The van der Waals surface area contributed by atoms with E-state index in [0.29, 0.717) is 39.9 Å². The molecule has 3 aromatic heterocycles. The van der Waals surface area contributed by atoms with Crippen molar-refractivity contribution in [2.45, 2.75) is 103 Å². The number of anilines is 1. The molecule has 4 atom stereocenters. The van der Waals surface area contributed by atoms with Gasteiger partial charge in [0, 0.05) is 50.4 Å². The zero-order valence-electron chi connectivity index (χ0n) is 26.8. The van der Waals surface area contributed by atoms with Gasteiger partial charge in [0.05, 0.1) is 22.6 Å². The number of hydrogen-bond acceptors (Lipinski definition) is 8. The number of ether oxygens (including phenoxy) is 2. The number of hydrogen-bond donors (Lipinski definition) is 0. The summed E-state index contributed by atoms with van der Waals surface area (Å²) in [7, 11) is 3.57. The van der Waals surface area contributed by atoms with Crippen LogP contribution in [0.15, 0.2) is 23.1 Å². The summed E-state index contributed by atoms with van der Waals surface area (Å²) in [4.78, 5) is 36.6. The molecule has 7 rings (SSSR count). The first kappa shape index (κ1) is 30.0. The van der Waals surface area contributed by atoms with E-state index < -0.39 is 5.60 Å². The van der Waals surface area contributed by atoms with Crippen molar-refractivity contribution in [2.75, 3.05) is 18.6 Å². The maximum Gasteiger partial charge on any atom is 0.410 e. The van der Waals surface area contributed by atoms with E-state index in [4.69, 9.17) is 31.2 Å². The molecule has 3 fully saturated rings. The Hall–Kier alpha value is -3.64. The zero-order valence-corrected chi connectivity index (χ0v) is 27.5. The normalized spacial score (nSPS) is 23.4. The van der Waals surface area contributed by atoms with Crippen LogP contribution < -0.4 is 10.5 Å². The highest BCUT2D eigenvalue weighted by Crippen LogP contribution is 2.43. The highest BCUT2D eigenvalue weighted by atomic mass is 35.5. The van der Waals surface area contributed by atoms with Crippen molar-refractivity contribution in [3.63, 3.8) is 0 Å². The summed E-state index contributed by atoms with van der Waals surface area (Å²) in [6, 6.07) is 3.91. The molecule has 4 aromatic rings. The van der Waals surface area contributed by atoms with Gasteiger partial charge in [-0.3, -0.25) is 14.0 Å². The van der Waals surface area contributed by atoms with Crippen molar-refractivity contribution in [1.29, 1.82) is 0 Å². The topological polar surface area (TPSA) is 113 Å². The number of likely N-dealkylation sites (N-methyl/N-ethyl adjacent to an activating group) is 1. The number of rotatable bonds is 5. The largest absolute Gasteiger partial charge is 0.444 e. The highest BCUT2D eigenvalue weighted by molar-refractivity contribution is 6.38. The number of halogens is 1. The van der Waals surface area contributed by atoms with Crippen molar-refractivity contribution in [3.05, 3.63) is 33.7 Å². The molecule has 3 saturated heterocycles. The Kier molecular flexibility index (Phi) is 7.35. The molecule has 12 nitrogen and oxygen atoms in total. The first-order valence-corrected chi connectivity index (χ1v) is 16.4. The number of amides is 1. The van der Waals surface area contributed by atoms with Gasteiger partial charge in [-0.15, -0.1) is 0 Å². The van der Waals surface area contributed by atoms with E-state index in [-0.39, 0.29) is 36.0 Å². The van der Waals surface area contributed by atoms with E-state index in [1.165, 1.54) is 0 Å². The predicted molar refractivity (Wildman–Crippen MR) is 173 cm³/mol. The summed E-state index contributed by atoms with van der Waals surface area (Å²) < 4.78 is 17.1. The fraction of sp³-hybridized carbons (Fsp3) is 0.594. The lowest BCUT2D eigenvalue weighted by atomic mass is 9.95. The summed E-state index contributed by atoms with van der Waals surface area (Å²) in [5.74, 6) is 0.578. The lowest BCUT2D eigenvalue weighted by Crippen LogP contribution is -2.47. The third-order valence-corrected chi connectivity index (χ3v) is 9.91. The van der Waals surface area contributed by atoms with Crippen molar-refractivity contribution in [1.82, 2.24) is 34.0 Å². The van der Waals surface area contributed by atoms with Crippen LogP contribution >= 0.6 is 11.6 Å². The van der Waals surface area contributed by atoms with Gasteiger partial charge in [-0.05, 0) is 78.4 Å². The van der Waals surface area contributed by atoms with Crippen LogP contribution in [0.25, 0.3) is 33.2 Å². The summed E-state index contributed by atoms with van der Waals surface area (Å²) in [6.07, 6.45) is 6.65. The Morgan fingerprint density at radius 2 is 1.98 bits per heavy atom. The van der Waals surface area contributed by atoms with Crippen LogP contribution in [0, 0.1) is 0 Å². The van der Waals surface area contributed by atoms with Crippen molar-refractivity contribution < 1.29 is 14.3 Å². The molecule has 6 heterocycles. The second-order valence-electron chi connectivity index (χ2n) is 13.5. The van der Waals surface area contributed by atoms with E-state index in [0.717, 1.165) is 56.0 Å². The Morgan fingerprint density at radius 3 is 2.69 bits per heavy atom. The third-order valence-electron chi connectivity index (χ3n) is 9.50. The van der Waals surface area contributed by atoms with Gasteiger partial charge in [-0.25, -0.2) is 9.48 Å². The number of nitrogens with zero attached hydrogens (tertiary/aromatic N) is 8. The zero-order chi connectivity index (χ0) is 31.8. The van der Waals surface area contributed by atoms with E-state index in [1.807, 2.05) is 50.7 Å². The summed E-state index contributed by atoms with van der Waals surface area (Å²) in [5, 5.41) is 11.3. The van der Waals surface area contributed by atoms with Gasteiger partial charge in [-0.1, -0.05) is 11.6 Å². The monoisotopic (exact) mass is 636 g/mol. The highest BCUT2D eigenvalue weighted by Gasteiger charge is 2.51. The molecule has 0 radical (unpaired) electrons. The standard InChI is InChI=1S/C32H41ClN8O4/c1-7-39-17-20-21(35-39)13-12-19(26(20)33)27-25-28(41(36-27)24-10-8-9-15-44-24)34-30(38(6)29(25)42)40-18-11-14-22(40)23(16-18)37(5)31(43)45-32(2,3)4/h12-13,17-18,22-24H,7-11,14-16H2,1-6H3/t18-,22+,23+,24?/m0/s1. The lowest BCUT2D eigenvalue weighted by molar-refractivity contribution is -0.0368. The minimum atomic E-state index is -0.583. The van der Waals surface area contributed by atoms with Crippen LogP contribution in [0.2, 0.25) is 5.02 Å². The minimum absolute atomic E-state index is 0.0109. The van der Waals surface area contributed by atoms with Gasteiger partial charge < -0.3 is 19.3 Å². The molecule has 13 heteroatoms. The van der Waals surface area contributed by atoms with Gasteiger partial charge in [0.15, 0.2) is 11.9 Å². The molecule has 1 aromatic carbocycles. The predicted octanol–water partition coefficient (Wildman–Crippen LogP) is 5.50. The summed E-state index contributed by atoms with van der Waals surface area (Å²) >= 11 is 7.01. The van der Waals surface area contributed by atoms with Crippen LogP contribution in [-0.4, -0.2) is 77.5 Å². The molecule has 0 N–H and O–H groups in total. The van der Waals surface area contributed by atoms with Gasteiger partial charge in [0.25, 0.3) is 5.56 Å². The van der Waals surface area contributed by atoms with Crippen LogP contribution in [0.4, 0.5) is 10.7 Å². The smallest absolute Gasteiger partial charge is 0.410 e. The molecule has 1 amide bonds. The molecular formula is C32H41ClN8O4. The Balaban J connectivity index is 1.35. The molecule has 0 saturated carbocycles. The Morgan fingerprint density at radius 1 is 1.18 bits per heavy atom. The van der Waals surface area contributed by atoms with Crippen LogP contribution in [0.1, 0.15) is 72.4 Å². The molecule has 2 bridgehead atoms. The summed E-state index contributed by atoms with van der Waals surface area (Å²) in [6.45, 7) is 8.98. The molecule has 45 heavy (non-hydrogen) atoms. The van der Waals surface area contributed by atoms with Crippen LogP contribution in [-0.2, 0) is 23.1 Å². The maximum absolute atomic E-state index is 14.4. The van der Waals surface area contributed by atoms with Gasteiger partial charge in [-0.2, -0.15) is 15.2 Å². The number of carbonyl (C=O) groups excluding carboxylic acids is 1. The molecule has 240 valence electrons. The van der Waals surface area contributed by atoms with Crippen molar-refractivity contribution in [2.24, 2.45) is 7.05 Å². The van der Waals surface area contributed by atoms with E-state index >= 15 is 0 Å². The maximum atomic E-state index is 14.4. The first-order chi connectivity index (χ1) is 21.5. The average Bonchev–Trinajstić information content (AvgIpc) is 3.79. The number of carbonyl (C=O) groups is 1. The number of aryl methyl sites for hydroxylation is 1. The van der Waals surface area contributed by atoms with E-state index in [2.05, 4.69) is 10.00 Å². The van der Waals surface area contributed by atoms with Gasteiger partial charge in [0.1, 0.15) is 16.7 Å². The molecule has 0 aliphatic carbocycles. The fourth-order valence-electron chi connectivity index (χ4n) is 7.30. The number of aromatic nitrogens is 6. The first-order valence-electron chi connectivity index (χ1n) is 16.0. The SMILES string of the molecule is CCn1cc2c(Cl)c(-c3nn(C4CCCCO4)c4nc(N5[C@H]6CC[C@@H]5[C@H](N(C)C(=O)OC(C)(C)C)C6)n(C)c(=O)c34)ccc2n1. The second-order valence-corrected chi connectivity index (χ2v) is 13.9. The average molecular weight is 637 g/mol. The molecule has 0 spiro atoms. The second kappa shape index (κ2) is 11.0. The van der Waals surface area contributed by atoms with Crippen molar-refractivity contribution in [3.8, 4) is 11.3 Å².